The first-order valence-corrected chi connectivity index (χ1v) is 16.0. The maximum atomic E-state index is 14.1. The fraction of sp³-hybridized carbons (Fsp3) is 0.486. The van der Waals surface area contributed by atoms with Crippen molar-refractivity contribution in [1.82, 2.24) is 4.90 Å². The molecule has 0 radical (unpaired) electrons. The number of carbonyl (C=O) groups excluding carboxylic acids is 2. The minimum Gasteiger partial charge on any atom is -0.493 e. The van der Waals surface area contributed by atoms with Crippen LogP contribution in [0.15, 0.2) is 58.9 Å². The van der Waals surface area contributed by atoms with E-state index in [0.717, 1.165) is 56.5 Å². The highest BCUT2D eigenvalue weighted by molar-refractivity contribution is 14.1. The van der Waals surface area contributed by atoms with Crippen molar-refractivity contribution in [3.63, 3.8) is 0 Å². The molecule has 43 heavy (non-hydrogen) atoms. The molecule has 0 spiro atoms. The van der Waals surface area contributed by atoms with Crippen molar-refractivity contribution < 1.29 is 28.2 Å². The van der Waals surface area contributed by atoms with Crippen LogP contribution in [0.5, 0.6) is 11.5 Å². The number of carbonyl (C=O) groups is 2. The topological polar surface area (TPSA) is 65.1 Å². The zero-order valence-electron chi connectivity index (χ0n) is 25.9. The van der Waals surface area contributed by atoms with Crippen LogP contribution in [0.3, 0.4) is 0 Å². The van der Waals surface area contributed by atoms with E-state index in [1.807, 2.05) is 12.1 Å². The molecule has 1 heterocycles. The molecule has 0 bridgehead atoms. The van der Waals surface area contributed by atoms with Crippen LogP contribution in [0, 0.1) is 20.2 Å². The molecule has 0 aromatic heterocycles. The molecule has 0 amide bonds. The Morgan fingerprint density at radius 2 is 1.49 bits per heavy atom. The molecular formula is C35H41FINO5. The minimum atomic E-state index is -0.468. The highest BCUT2D eigenvalue weighted by Gasteiger charge is 2.49. The molecule has 5 rings (SSSR count). The van der Waals surface area contributed by atoms with Gasteiger partial charge in [0.1, 0.15) is 12.4 Å². The molecule has 0 unspecified atom stereocenters. The number of ketones is 2. The Morgan fingerprint density at radius 3 is 2.02 bits per heavy atom. The third kappa shape index (κ3) is 6.55. The lowest BCUT2D eigenvalue weighted by atomic mass is 9.63. The number of allylic oxidation sites excluding steroid dienone is 4. The molecule has 6 nitrogen and oxygen atoms in total. The lowest BCUT2D eigenvalue weighted by molar-refractivity contribution is -0.119. The van der Waals surface area contributed by atoms with Crippen molar-refractivity contribution in [3.05, 3.63) is 79.5 Å². The average molecular weight is 702 g/mol. The largest absolute Gasteiger partial charge is 0.493 e. The van der Waals surface area contributed by atoms with Gasteiger partial charge in [-0.15, -0.1) is 0 Å². The van der Waals surface area contributed by atoms with Gasteiger partial charge in [-0.2, -0.15) is 0 Å². The predicted octanol–water partition coefficient (Wildman–Crippen LogP) is 7.74. The van der Waals surface area contributed by atoms with Crippen LogP contribution in [-0.2, 0) is 20.9 Å². The van der Waals surface area contributed by atoms with Gasteiger partial charge < -0.3 is 19.1 Å². The fourth-order valence-electron chi connectivity index (χ4n) is 6.80. The quantitative estimate of drug-likeness (QED) is 0.197. The highest BCUT2D eigenvalue weighted by atomic mass is 127. The molecule has 0 saturated carbocycles. The molecule has 0 atom stereocenters. The third-order valence-electron chi connectivity index (χ3n) is 8.63. The van der Waals surface area contributed by atoms with Crippen molar-refractivity contribution in [3.8, 4) is 11.5 Å². The van der Waals surface area contributed by atoms with Gasteiger partial charge >= 0.3 is 0 Å². The average Bonchev–Trinajstić information content (AvgIpc) is 2.92. The molecule has 230 valence electrons. The van der Waals surface area contributed by atoms with E-state index in [0.29, 0.717) is 37.5 Å². The van der Waals surface area contributed by atoms with Crippen LogP contribution in [0.25, 0.3) is 0 Å². The van der Waals surface area contributed by atoms with Gasteiger partial charge in [-0.3, -0.25) is 9.59 Å². The summed E-state index contributed by atoms with van der Waals surface area (Å²) < 4.78 is 31.6. The lowest BCUT2D eigenvalue weighted by Crippen LogP contribution is -2.44. The first-order valence-electron chi connectivity index (χ1n) is 14.9. The Kier molecular flexibility index (Phi) is 9.10. The zero-order valence-corrected chi connectivity index (χ0v) is 28.1. The Morgan fingerprint density at radius 1 is 0.907 bits per heavy atom. The van der Waals surface area contributed by atoms with Crippen LogP contribution in [-0.4, -0.2) is 43.8 Å². The maximum absolute atomic E-state index is 14.1. The van der Waals surface area contributed by atoms with Crippen molar-refractivity contribution in [2.75, 3.05) is 27.4 Å². The summed E-state index contributed by atoms with van der Waals surface area (Å²) in [6, 6.07) is 10.1. The van der Waals surface area contributed by atoms with E-state index in [1.165, 1.54) is 12.1 Å². The van der Waals surface area contributed by atoms with Gasteiger partial charge in [-0.25, -0.2) is 4.39 Å². The lowest BCUT2D eigenvalue weighted by Gasteiger charge is -2.49. The Balaban J connectivity index is 1.64. The molecule has 0 fully saturated rings. The van der Waals surface area contributed by atoms with E-state index < -0.39 is 5.92 Å². The predicted molar refractivity (Wildman–Crippen MR) is 172 cm³/mol. The van der Waals surface area contributed by atoms with E-state index in [9.17, 15) is 14.0 Å². The molecular weight excluding hydrogens is 660 g/mol. The van der Waals surface area contributed by atoms with E-state index in [-0.39, 0.29) is 34.8 Å². The molecule has 1 aliphatic heterocycles. The van der Waals surface area contributed by atoms with Gasteiger partial charge in [0.25, 0.3) is 0 Å². The van der Waals surface area contributed by atoms with Crippen molar-refractivity contribution in [2.24, 2.45) is 10.8 Å². The molecule has 2 aromatic rings. The molecule has 0 saturated heterocycles. The summed E-state index contributed by atoms with van der Waals surface area (Å²) in [5.41, 5.74) is 4.87. The fourth-order valence-corrected chi connectivity index (χ4v) is 7.58. The van der Waals surface area contributed by atoms with Crippen molar-refractivity contribution >= 4 is 34.2 Å². The Hall–Kier alpha value is -2.72. The molecule has 2 aromatic carbocycles. The summed E-state index contributed by atoms with van der Waals surface area (Å²) in [5, 5.41) is 0. The second-order valence-corrected chi connectivity index (χ2v) is 14.6. The summed E-state index contributed by atoms with van der Waals surface area (Å²) in [6.07, 6.45) is 3.18. The monoisotopic (exact) mass is 701 g/mol. The first kappa shape index (κ1) is 31.7. The number of rotatable bonds is 9. The van der Waals surface area contributed by atoms with Crippen LogP contribution < -0.4 is 9.47 Å². The van der Waals surface area contributed by atoms with Gasteiger partial charge in [0.2, 0.25) is 0 Å². The van der Waals surface area contributed by atoms with E-state index >= 15 is 0 Å². The molecule has 8 heteroatoms. The third-order valence-corrected chi connectivity index (χ3v) is 9.43. The SMILES string of the molecule is COCCCN1C2=C(C(=O)CC(C)(C)C2)C(c2cc(I)c(OCc3ccc(F)cc3)c(OC)c2)C2=C1CC(C)(C)CC2=O. The van der Waals surface area contributed by atoms with Gasteiger partial charge in [-0.05, 0) is 88.1 Å². The second-order valence-electron chi connectivity index (χ2n) is 13.5. The summed E-state index contributed by atoms with van der Waals surface area (Å²) in [5.74, 6) is 0.537. The van der Waals surface area contributed by atoms with Crippen LogP contribution >= 0.6 is 22.6 Å². The van der Waals surface area contributed by atoms with Crippen LogP contribution in [0.2, 0.25) is 0 Å². The number of halogens is 2. The van der Waals surface area contributed by atoms with E-state index in [1.54, 1.807) is 26.4 Å². The van der Waals surface area contributed by atoms with Crippen molar-refractivity contribution in [1.29, 1.82) is 0 Å². The summed E-state index contributed by atoms with van der Waals surface area (Å²) in [4.78, 5) is 30.4. The van der Waals surface area contributed by atoms with Crippen LogP contribution in [0.4, 0.5) is 4.39 Å². The summed E-state index contributed by atoms with van der Waals surface area (Å²) >= 11 is 2.23. The second kappa shape index (κ2) is 12.3. The summed E-state index contributed by atoms with van der Waals surface area (Å²) in [6.45, 7) is 10.1. The van der Waals surface area contributed by atoms with Gasteiger partial charge in [-0.1, -0.05) is 39.8 Å². The number of hydrogen-bond donors (Lipinski definition) is 0. The highest BCUT2D eigenvalue weighted by Crippen LogP contribution is 2.55. The van der Waals surface area contributed by atoms with Crippen LogP contribution in [0.1, 0.15) is 76.8 Å². The number of hydrogen-bond acceptors (Lipinski definition) is 6. The van der Waals surface area contributed by atoms with Gasteiger partial charge in [0.15, 0.2) is 23.1 Å². The van der Waals surface area contributed by atoms with E-state index in [4.69, 9.17) is 14.2 Å². The van der Waals surface area contributed by atoms with Crippen molar-refractivity contribution in [2.45, 2.75) is 72.3 Å². The van der Waals surface area contributed by atoms with Gasteiger partial charge in [0.05, 0.1) is 10.7 Å². The normalized spacial score (nSPS) is 19.9. The number of methoxy groups -OCH3 is 2. The maximum Gasteiger partial charge on any atom is 0.174 e. The minimum absolute atomic E-state index is 0.0998. The molecule has 0 N–H and O–H groups in total. The van der Waals surface area contributed by atoms with E-state index in [2.05, 4.69) is 55.2 Å². The number of nitrogens with zero attached hydrogens (tertiary/aromatic N) is 1. The summed E-state index contributed by atoms with van der Waals surface area (Å²) in [7, 11) is 3.29. The number of ether oxygens (including phenoxy) is 3. The number of Topliss-reactive ketones (excluding diaryl/α,β-unsaturated/α-hetero) is 2. The smallest absolute Gasteiger partial charge is 0.174 e. The molecule has 2 aliphatic carbocycles. The standard InChI is InChI=1S/C35H41FINO5/c1-34(2)16-25-31(27(39)18-34)30(32-26(38(25)12-7-13-41-5)17-35(3,4)19-28(32)40)22-14-24(37)33(29(15-22)42-6)43-20-21-8-10-23(36)11-9-21/h8-11,14-15,30H,7,12-13,16-20H2,1-6H3. The Bertz CT molecular complexity index is 1440. The number of benzene rings is 2. The van der Waals surface area contributed by atoms with Gasteiger partial charge in [0, 0.05) is 61.6 Å². The first-order chi connectivity index (χ1) is 20.3. The molecule has 3 aliphatic rings. The Labute approximate surface area is 267 Å². The zero-order chi connectivity index (χ0) is 31.1.